The Labute approximate surface area is 104 Å². The highest BCUT2D eigenvalue weighted by atomic mass is 16.5. The van der Waals surface area contributed by atoms with Crippen LogP contribution in [0.15, 0.2) is 0 Å². The zero-order valence-electron chi connectivity index (χ0n) is 11.5. The Bertz CT molecular complexity index is 254. The van der Waals surface area contributed by atoms with Crippen molar-refractivity contribution in [3.8, 4) is 0 Å². The van der Waals surface area contributed by atoms with Gasteiger partial charge in [0, 0.05) is 19.7 Å². The van der Waals surface area contributed by atoms with Crippen molar-refractivity contribution in [3.05, 3.63) is 0 Å². The lowest BCUT2D eigenvalue weighted by molar-refractivity contribution is -0.123. The summed E-state index contributed by atoms with van der Waals surface area (Å²) in [5, 5.41) is 6.30. The Balaban J connectivity index is 2.33. The predicted molar refractivity (Wildman–Crippen MR) is 68.9 cm³/mol. The molecule has 0 aromatic carbocycles. The highest BCUT2D eigenvalue weighted by Gasteiger charge is 2.35. The summed E-state index contributed by atoms with van der Waals surface area (Å²) in [6, 6.07) is 0.319. The minimum absolute atomic E-state index is 0.0600. The number of amides is 1. The second-order valence-corrected chi connectivity index (χ2v) is 5.61. The van der Waals surface area contributed by atoms with Crippen LogP contribution in [0.4, 0.5) is 0 Å². The van der Waals surface area contributed by atoms with Gasteiger partial charge in [-0.15, -0.1) is 0 Å². The van der Waals surface area contributed by atoms with Crippen molar-refractivity contribution >= 4 is 5.91 Å². The van der Waals surface area contributed by atoms with Crippen molar-refractivity contribution in [2.45, 2.75) is 52.1 Å². The number of hydrogen-bond donors (Lipinski definition) is 2. The van der Waals surface area contributed by atoms with Crippen LogP contribution in [0.2, 0.25) is 0 Å². The summed E-state index contributed by atoms with van der Waals surface area (Å²) in [4.78, 5) is 11.8. The third-order valence-electron chi connectivity index (χ3n) is 3.71. The molecule has 2 N–H and O–H groups in total. The molecule has 0 saturated heterocycles. The molecular formula is C13H26N2O2. The van der Waals surface area contributed by atoms with Gasteiger partial charge in [0.1, 0.15) is 0 Å². The maximum atomic E-state index is 11.8. The maximum Gasteiger partial charge on any atom is 0.236 e. The van der Waals surface area contributed by atoms with Crippen molar-refractivity contribution in [1.82, 2.24) is 10.6 Å². The minimum atomic E-state index is -0.130. The largest absolute Gasteiger partial charge is 0.383 e. The van der Waals surface area contributed by atoms with Gasteiger partial charge < -0.3 is 15.4 Å². The van der Waals surface area contributed by atoms with Crippen LogP contribution in [-0.4, -0.2) is 38.3 Å². The Morgan fingerprint density at radius 1 is 1.53 bits per heavy atom. The molecule has 17 heavy (non-hydrogen) atoms. The van der Waals surface area contributed by atoms with Gasteiger partial charge in [0.2, 0.25) is 5.91 Å². The number of carbonyl (C=O) groups is 1. The van der Waals surface area contributed by atoms with E-state index in [9.17, 15) is 4.79 Å². The summed E-state index contributed by atoms with van der Waals surface area (Å²) < 4.78 is 4.90. The normalized spacial score (nSPS) is 24.6. The molecule has 1 rings (SSSR count). The number of ether oxygens (including phenoxy) is 1. The predicted octanol–water partition coefficient (Wildman–Crippen LogP) is 1.31. The lowest BCUT2D eigenvalue weighted by atomic mass is 9.87. The molecule has 4 heteroatoms. The first kappa shape index (κ1) is 14.5. The maximum absolute atomic E-state index is 11.8. The fraction of sp³-hybridized carbons (Fsp3) is 0.923. The molecule has 1 aliphatic rings. The molecule has 1 amide bonds. The van der Waals surface area contributed by atoms with Gasteiger partial charge in [-0.05, 0) is 25.2 Å². The number of nitrogens with one attached hydrogen (secondary N) is 2. The molecule has 1 saturated carbocycles. The molecule has 100 valence electrons. The van der Waals surface area contributed by atoms with Gasteiger partial charge in [-0.3, -0.25) is 4.79 Å². The van der Waals surface area contributed by atoms with E-state index in [0.717, 1.165) is 0 Å². The highest BCUT2D eigenvalue weighted by molar-refractivity contribution is 5.81. The average molecular weight is 242 g/mol. The molecule has 1 aliphatic carbocycles. The van der Waals surface area contributed by atoms with E-state index >= 15 is 0 Å². The van der Waals surface area contributed by atoms with E-state index < -0.39 is 0 Å². The molecule has 0 aliphatic heterocycles. The zero-order valence-corrected chi connectivity index (χ0v) is 11.5. The lowest BCUT2D eigenvalue weighted by Crippen LogP contribution is -2.50. The second kappa shape index (κ2) is 6.36. The molecule has 0 radical (unpaired) electrons. The van der Waals surface area contributed by atoms with Gasteiger partial charge in [-0.25, -0.2) is 0 Å². The fourth-order valence-electron chi connectivity index (χ4n) is 2.44. The van der Waals surface area contributed by atoms with Crippen LogP contribution in [0, 0.1) is 5.41 Å². The van der Waals surface area contributed by atoms with Gasteiger partial charge in [0.25, 0.3) is 0 Å². The third kappa shape index (κ3) is 4.28. The smallest absolute Gasteiger partial charge is 0.236 e. The van der Waals surface area contributed by atoms with E-state index in [1.807, 2.05) is 6.92 Å². The monoisotopic (exact) mass is 242 g/mol. The van der Waals surface area contributed by atoms with E-state index in [1.54, 1.807) is 7.11 Å². The van der Waals surface area contributed by atoms with Gasteiger partial charge in [0.05, 0.1) is 12.6 Å². The molecule has 0 heterocycles. The van der Waals surface area contributed by atoms with Gasteiger partial charge in [-0.2, -0.15) is 0 Å². The van der Waals surface area contributed by atoms with Gasteiger partial charge >= 0.3 is 0 Å². The summed E-state index contributed by atoms with van der Waals surface area (Å²) in [5.41, 5.74) is 0.307. The molecule has 0 spiro atoms. The number of methoxy groups -OCH3 is 1. The molecule has 0 bridgehead atoms. The van der Waals surface area contributed by atoms with Crippen LogP contribution >= 0.6 is 0 Å². The van der Waals surface area contributed by atoms with Crippen molar-refractivity contribution in [2.24, 2.45) is 5.41 Å². The van der Waals surface area contributed by atoms with Crippen LogP contribution in [0.5, 0.6) is 0 Å². The van der Waals surface area contributed by atoms with E-state index in [4.69, 9.17) is 4.74 Å². The summed E-state index contributed by atoms with van der Waals surface area (Å²) >= 11 is 0. The third-order valence-corrected chi connectivity index (χ3v) is 3.71. The number of hydrogen-bond acceptors (Lipinski definition) is 3. The minimum Gasteiger partial charge on any atom is -0.383 e. The Morgan fingerprint density at radius 2 is 2.24 bits per heavy atom. The van der Waals surface area contributed by atoms with Crippen molar-refractivity contribution in [1.29, 1.82) is 0 Å². The van der Waals surface area contributed by atoms with E-state index in [1.165, 1.54) is 19.3 Å². The SMILES string of the molecule is COCCNC(=O)C(C)NC1CCCC1(C)C. The van der Waals surface area contributed by atoms with Crippen molar-refractivity contribution in [2.75, 3.05) is 20.3 Å². The van der Waals surface area contributed by atoms with Crippen LogP contribution in [0.1, 0.15) is 40.0 Å². The van der Waals surface area contributed by atoms with Crippen LogP contribution in [-0.2, 0) is 9.53 Å². The Hall–Kier alpha value is -0.610. The summed E-state index contributed by atoms with van der Waals surface area (Å²) in [7, 11) is 1.63. The van der Waals surface area contributed by atoms with Crippen molar-refractivity contribution < 1.29 is 9.53 Å². The molecule has 1 fully saturated rings. The van der Waals surface area contributed by atoms with Crippen molar-refractivity contribution in [3.63, 3.8) is 0 Å². The topological polar surface area (TPSA) is 50.4 Å². The fourth-order valence-corrected chi connectivity index (χ4v) is 2.44. The highest BCUT2D eigenvalue weighted by Crippen LogP contribution is 2.37. The lowest BCUT2D eigenvalue weighted by Gasteiger charge is -2.30. The second-order valence-electron chi connectivity index (χ2n) is 5.61. The summed E-state index contributed by atoms with van der Waals surface area (Å²) in [6.45, 7) is 7.61. The Morgan fingerprint density at radius 3 is 2.76 bits per heavy atom. The number of rotatable bonds is 6. The quantitative estimate of drug-likeness (QED) is 0.690. The van der Waals surface area contributed by atoms with E-state index in [0.29, 0.717) is 24.6 Å². The Kier molecular flexibility index (Phi) is 5.40. The first-order chi connectivity index (χ1) is 7.97. The number of carbonyl (C=O) groups excluding carboxylic acids is 1. The molecular weight excluding hydrogens is 216 g/mol. The van der Waals surface area contributed by atoms with Gasteiger partial charge in [-0.1, -0.05) is 20.3 Å². The van der Waals surface area contributed by atoms with E-state index in [-0.39, 0.29) is 11.9 Å². The first-order valence-corrected chi connectivity index (χ1v) is 6.50. The van der Waals surface area contributed by atoms with Crippen LogP contribution in [0.25, 0.3) is 0 Å². The van der Waals surface area contributed by atoms with Crippen LogP contribution < -0.4 is 10.6 Å². The summed E-state index contributed by atoms with van der Waals surface area (Å²) in [6.07, 6.45) is 3.66. The van der Waals surface area contributed by atoms with Gasteiger partial charge in [0.15, 0.2) is 0 Å². The molecule has 2 unspecified atom stereocenters. The average Bonchev–Trinajstić information content (AvgIpc) is 2.58. The zero-order chi connectivity index (χ0) is 12.9. The molecule has 0 aromatic heterocycles. The molecule has 0 aromatic rings. The summed E-state index contributed by atoms with van der Waals surface area (Å²) in [5.74, 6) is 0.0600. The van der Waals surface area contributed by atoms with Crippen LogP contribution in [0.3, 0.4) is 0 Å². The molecule has 2 atom stereocenters. The molecule has 4 nitrogen and oxygen atoms in total. The van der Waals surface area contributed by atoms with E-state index in [2.05, 4.69) is 24.5 Å². The standard InChI is InChI=1S/C13H26N2O2/c1-10(12(16)14-8-9-17-4)15-11-6-5-7-13(11,2)3/h10-11,15H,5-9H2,1-4H3,(H,14,16). The first-order valence-electron chi connectivity index (χ1n) is 6.50.